The zero-order chi connectivity index (χ0) is 13.0. The topological polar surface area (TPSA) is 35.2 Å². The molecule has 0 unspecified atom stereocenters. The predicted molar refractivity (Wildman–Crippen MR) is 82.9 cm³/mol. The number of rotatable bonds is 4. The molecule has 0 fully saturated rings. The van der Waals surface area contributed by atoms with Gasteiger partial charge < -0.3 is 10.5 Å². The van der Waals surface area contributed by atoms with Crippen LogP contribution in [0.2, 0.25) is 0 Å². The molecule has 2 rings (SSSR count). The normalized spacial score (nSPS) is 12.2. The van der Waals surface area contributed by atoms with Crippen LogP contribution in [-0.2, 0) is 0 Å². The maximum atomic E-state index is 5.97. The lowest BCUT2D eigenvalue weighted by molar-refractivity contribution is 0.482. The summed E-state index contributed by atoms with van der Waals surface area (Å²) in [6.45, 7) is 2.08. The molecule has 0 aliphatic rings. The van der Waals surface area contributed by atoms with Gasteiger partial charge in [0, 0.05) is 9.61 Å². The molecule has 18 heavy (non-hydrogen) atoms. The number of benzene rings is 2. The molecule has 3 heteroatoms. The highest BCUT2D eigenvalue weighted by molar-refractivity contribution is 14.1. The lowest BCUT2D eigenvalue weighted by Gasteiger charge is -2.10. The lowest BCUT2D eigenvalue weighted by atomic mass is 10.1. The Morgan fingerprint density at radius 3 is 2.00 bits per heavy atom. The molecule has 0 heterocycles. The van der Waals surface area contributed by atoms with E-state index in [0.29, 0.717) is 0 Å². The largest absolute Gasteiger partial charge is 0.457 e. The van der Waals surface area contributed by atoms with E-state index in [1.807, 2.05) is 48.5 Å². The van der Waals surface area contributed by atoms with Crippen LogP contribution in [-0.4, -0.2) is 0 Å². The predicted octanol–water partition coefficient (Wildman–Crippen LogP) is 4.49. The summed E-state index contributed by atoms with van der Waals surface area (Å²) < 4.78 is 6.96. The van der Waals surface area contributed by atoms with E-state index >= 15 is 0 Å². The molecular formula is C15H16INO. The maximum Gasteiger partial charge on any atom is 0.127 e. The van der Waals surface area contributed by atoms with Crippen molar-refractivity contribution in [3.05, 3.63) is 57.7 Å². The second kappa shape index (κ2) is 6.20. The van der Waals surface area contributed by atoms with Crippen LogP contribution in [0.3, 0.4) is 0 Å². The van der Waals surface area contributed by atoms with Crippen molar-refractivity contribution in [1.29, 1.82) is 0 Å². The van der Waals surface area contributed by atoms with Crippen molar-refractivity contribution < 1.29 is 4.74 Å². The van der Waals surface area contributed by atoms with Gasteiger partial charge in [-0.15, -0.1) is 0 Å². The Kier molecular flexibility index (Phi) is 4.60. The molecule has 0 radical (unpaired) electrons. The van der Waals surface area contributed by atoms with Gasteiger partial charge in [0.1, 0.15) is 11.5 Å². The average Bonchev–Trinajstić information content (AvgIpc) is 2.41. The Labute approximate surface area is 121 Å². The highest BCUT2D eigenvalue weighted by atomic mass is 127. The van der Waals surface area contributed by atoms with Crippen molar-refractivity contribution in [3.8, 4) is 11.5 Å². The van der Waals surface area contributed by atoms with Gasteiger partial charge in [0.2, 0.25) is 0 Å². The van der Waals surface area contributed by atoms with Gasteiger partial charge in [0.05, 0.1) is 0 Å². The van der Waals surface area contributed by atoms with Crippen molar-refractivity contribution in [3.63, 3.8) is 0 Å². The van der Waals surface area contributed by atoms with Crippen LogP contribution >= 0.6 is 22.6 Å². The second-order valence-corrected chi connectivity index (χ2v) is 5.39. The van der Waals surface area contributed by atoms with Crippen LogP contribution < -0.4 is 10.5 Å². The highest BCUT2D eigenvalue weighted by Crippen LogP contribution is 2.24. The number of hydrogen-bond donors (Lipinski definition) is 1. The Morgan fingerprint density at radius 1 is 1.00 bits per heavy atom. The van der Waals surface area contributed by atoms with E-state index < -0.39 is 0 Å². The molecule has 1 atom stereocenters. The molecular weight excluding hydrogens is 337 g/mol. The van der Waals surface area contributed by atoms with Gasteiger partial charge >= 0.3 is 0 Å². The smallest absolute Gasteiger partial charge is 0.127 e. The summed E-state index contributed by atoms with van der Waals surface area (Å²) in [7, 11) is 0. The molecule has 0 amide bonds. The first-order valence-corrected chi connectivity index (χ1v) is 7.06. The standard InChI is InChI=1S/C15H16INO/c1-2-15(17)11-3-7-13(8-4-11)18-14-9-5-12(16)6-10-14/h3-10,15H,2,17H2,1H3/t15-/m0/s1. The van der Waals surface area contributed by atoms with Gasteiger partial charge in [-0.3, -0.25) is 0 Å². The molecule has 2 N–H and O–H groups in total. The molecule has 0 aromatic heterocycles. The van der Waals surface area contributed by atoms with E-state index in [-0.39, 0.29) is 6.04 Å². The molecule has 0 spiro atoms. The van der Waals surface area contributed by atoms with Crippen LogP contribution in [0.15, 0.2) is 48.5 Å². The summed E-state index contributed by atoms with van der Waals surface area (Å²) in [4.78, 5) is 0. The summed E-state index contributed by atoms with van der Waals surface area (Å²) in [6.07, 6.45) is 0.942. The number of hydrogen-bond acceptors (Lipinski definition) is 2. The third-order valence-electron chi connectivity index (χ3n) is 2.80. The third-order valence-corrected chi connectivity index (χ3v) is 3.52. The minimum atomic E-state index is 0.109. The van der Waals surface area contributed by atoms with Gasteiger partial charge in [0.25, 0.3) is 0 Å². The molecule has 0 saturated heterocycles. The van der Waals surface area contributed by atoms with E-state index in [4.69, 9.17) is 10.5 Å². The Hall–Kier alpha value is -1.07. The molecule has 0 aliphatic heterocycles. The summed E-state index contributed by atoms with van der Waals surface area (Å²) >= 11 is 2.27. The van der Waals surface area contributed by atoms with Gasteiger partial charge in [-0.2, -0.15) is 0 Å². The monoisotopic (exact) mass is 353 g/mol. The zero-order valence-electron chi connectivity index (χ0n) is 10.3. The van der Waals surface area contributed by atoms with Crippen LogP contribution in [0.5, 0.6) is 11.5 Å². The quantitative estimate of drug-likeness (QED) is 0.822. The van der Waals surface area contributed by atoms with Crippen molar-refractivity contribution >= 4 is 22.6 Å². The van der Waals surface area contributed by atoms with Crippen molar-refractivity contribution in [1.82, 2.24) is 0 Å². The van der Waals surface area contributed by atoms with Crippen molar-refractivity contribution in [2.45, 2.75) is 19.4 Å². The van der Waals surface area contributed by atoms with E-state index in [1.54, 1.807) is 0 Å². The highest BCUT2D eigenvalue weighted by Gasteiger charge is 2.03. The van der Waals surface area contributed by atoms with E-state index in [1.165, 1.54) is 3.57 Å². The van der Waals surface area contributed by atoms with E-state index in [2.05, 4.69) is 29.5 Å². The third kappa shape index (κ3) is 3.46. The van der Waals surface area contributed by atoms with Gasteiger partial charge in [-0.25, -0.2) is 0 Å². The molecule has 0 saturated carbocycles. The molecule has 94 valence electrons. The Morgan fingerprint density at radius 2 is 1.50 bits per heavy atom. The summed E-state index contributed by atoms with van der Waals surface area (Å²) in [5.74, 6) is 1.69. The first kappa shape index (κ1) is 13.4. The average molecular weight is 353 g/mol. The molecule has 0 aliphatic carbocycles. The first-order valence-electron chi connectivity index (χ1n) is 5.98. The van der Waals surface area contributed by atoms with E-state index in [0.717, 1.165) is 23.5 Å². The number of ether oxygens (including phenoxy) is 1. The minimum absolute atomic E-state index is 0.109. The van der Waals surface area contributed by atoms with Gasteiger partial charge in [-0.05, 0) is 71.0 Å². The lowest BCUT2D eigenvalue weighted by Crippen LogP contribution is -2.07. The van der Waals surface area contributed by atoms with Crippen LogP contribution in [0.4, 0.5) is 0 Å². The number of halogens is 1. The van der Waals surface area contributed by atoms with E-state index in [9.17, 15) is 0 Å². The summed E-state index contributed by atoms with van der Waals surface area (Å²) in [6, 6.07) is 16.1. The fourth-order valence-corrected chi connectivity index (χ4v) is 2.02. The zero-order valence-corrected chi connectivity index (χ0v) is 12.4. The van der Waals surface area contributed by atoms with Gasteiger partial charge in [0.15, 0.2) is 0 Å². The second-order valence-electron chi connectivity index (χ2n) is 4.14. The van der Waals surface area contributed by atoms with Gasteiger partial charge in [-0.1, -0.05) is 19.1 Å². The fraction of sp³-hybridized carbons (Fsp3) is 0.200. The Balaban J connectivity index is 2.08. The van der Waals surface area contributed by atoms with Crippen molar-refractivity contribution in [2.24, 2.45) is 5.73 Å². The molecule has 2 aromatic rings. The van der Waals surface area contributed by atoms with Crippen molar-refractivity contribution in [2.75, 3.05) is 0 Å². The minimum Gasteiger partial charge on any atom is -0.457 e. The molecule has 2 aromatic carbocycles. The Bertz CT molecular complexity index is 493. The SMILES string of the molecule is CC[C@H](N)c1ccc(Oc2ccc(I)cc2)cc1. The fourth-order valence-electron chi connectivity index (χ4n) is 1.66. The maximum absolute atomic E-state index is 5.97. The van der Waals surface area contributed by atoms with Crippen LogP contribution in [0, 0.1) is 3.57 Å². The summed E-state index contributed by atoms with van der Waals surface area (Å²) in [5.41, 5.74) is 7.12. The summed E-state index contributed by atoms with van der Waals surface area (Å²) in [5, 5.41) is 0. The first-order chi connectivity index (χ1) is 8.69. The molecule has 0 bridgehead atoms. The van der Waals surface area contributed by atoms with Crippen LogP contribution in [0.25, 0.3) is 0 Å². The number of nitrogens with two attached hydrogens (primary N) is 1. The molecule has 2 nitrogen and oxygen atoms in total. The van der Waals surface area contributed by atoms with Crippen LogP contribution in [0.1, 0.15) is 24.9 Å².